The third-order valence-electron chi connectivity index (χ3n) is 3.48. The van der Waals surface area contributed by atoms with Gasteiger partial charge in [-0.3, -0.25) is 0 Å². The summed E-state index contributed by atoms with van der Waals surface area (Å²) in [4.78, 5) is 0. The highest BCUT2D eigenvalue weighted by Crippen LogP contribution is 2.20. The Morgan fingerprint density at radius 2 is 1.88 bits per heavy atom. The first kappa shape index (κ1) is 14.0. The molecule has 0 spiro atoms. The molecule has 0 fully saturated rings. The molecule has 0 heteroatoms. The molecule has 0 bridgehead atoms. The van der Waals surface area contributed by atoms with Gasteiger partial charge in [0.25, 0.3) is 0 Å². The molecule has 0 saturated heterocycles. The van der Waals surface area contributed by atoms with E-state index in [1.54, 1.807) is 0 Å². The quantitative estimate of drug-likeness (QED) is 0.539. The Kier molecular flexibility index (Phi) is 6.04. The van der Waals surface area contributed by atoms with Crippen molar-refractivity contribution in [1.82, 2.24) is 0 Å². The molecule has 0 aliphatic heterocycles. The van der Waals surface area contributed by atoms with Crippen LogP contribution in [0.25, 0.3) is 5.57 Å². The zero-order valence-corrected chi connectivity index (χ0v) is 11.7. The minimum absolute atomic E-state index is 1.04. The number of unbranched alkanes of at least 4 members (excludes halogenated alkanes) is 3. The number of rotatable bonds is 7. The molecule has 1 aromatic rings. The first-order valence-corrected chi connectivity index (χ1v) is 6.96. The molecule has 0 N–H and O–H groups in total. The van der Waals surface area contributed by atoms with Crippen molar-refractivity contribution in [2.75, 3.05) is 0 Å². The fourth-order valence-electron chi connectivity index (χ4n) is 2.14. The van der Waals surface area contributed by atoms with Gasteiger partial charge in [-0.25, -0.2) is 0 Å². The van der Waals surface area contributed by atoms with Crippen LogP contribution in [-0.2, 0) is 6.42 Å². The van der Waals surface area contributed by atoms with Gasteiger partial charge in [-0.05, 0) is 48.4 Å². The second-order valence-electron chi connectivity index (χ2n) is 4.91. The predicted molar refractivity (Wildman–Crippen MR) is 78.4 cm³/mol. The highest BCUT2D eigenvalue weighted by atomic mass is 14.1. The topological polar surface area (TPSA) is 0 Å². The molecule has 0 aliphatic rings. The lowest BCUT2D eigenvalue weighted by atomic mass is 9.96. The minimum atomic E-state index is 1.04. The Balaban J connectivity index is 2.60. The first-order valence-electron chi connectivity index (χ1n) is 6.96. The third-order valence-corrected chi connectivity index (χ3v) is 3.48. The molecule has 0 aliphatic carbocycles. The highest BCUT2D eigenvalue weighted by Gasteiger charge is 2.02. The second kappa shape index (κ2) is 7.32. The molecule has 0 amide bonds. The normalized spacial score (nSPS) is 10.5. The van der Waals surface area contributed by atoms with Crippen molar-refractivity contribution < 1.29 is 0 Å². The number of hydrogen-bond donors (Lipinski definition) is 0. The summed E-state index contributed by atoms with van der Waals surface area (Å²) in [5.41, 5.74) is 5.48. The summed E-state index contributed by atoms with van der Waals surface area (Å²) in [6.45, 7) is 10.7. The summed E-state index contributed by atoms with van der Waals surface area (Å²) in [5.74, 6) is 0. The molecule has 0 radical (unpaired) electrons. The molecule has 0 aromatic heterocycles. The van der Waals surface area contributed by atoms with Gasteiger partial charge in [0.15, 0.2) is 0 Å². The van der Waals surface area contributed by atoms with Gasteiger partial charge < -0.3 is 0 Å². The average molecular weight is 230 g/mol. The summed E-state index contributed by atoms with van der Waals surface area (Å²) in [7, 11) is 0. The van der Waals surface area contributed by atoms with E-state index in [1.807, 2.05) is 0 Å². The van der Waals surface area contributed by atoms with Crippen LogP contribution in [0.3, 0.4) is 0 Å². The standard InChI is InChI=1S/C17H26/c1-5-7-8-9-10-16-11-12-17(13-15(16)4)14(3)6-2/h11-13H,3,5-10H2,1-2,4H3. The fourth-order valence-corrected chi connectivity index (χ4v) is 2.14. The zero-order chi connectivity index (χ0) is 12.7. The van der Waals surface area contributed by atoms with Crippen LogP contribution in [0.15, 0.2) is 24.8 Å². The van der Waals surface area contributed by atoms with Crippen molar-refractivity contribution >= 4 is 5.57 Å². The van der Waals surface area contributed by atoms with Crippen LogP contribution >= 0.6 is 0 Å². The molecule has 1 rings (SSSR count). The van der Waals surface area contributed by atoms with Crippen LogP contribution in [0.5, 0.6) is 0 Å². The Hall–Kier alpha value is -1.04. The molecule has 0 heterocycles. The smallest absolute Gasteiger partial charge is 0.0228 e. The Labute approximate surface area is 107 Å². The van der Waals surface area contributed by atoms with Crippen molar-refractivity contribution in [3.63, 3.8) is 0 Å². The van der Waals surface area contributed by atoms with Crippen molar-refractivity contribution in [3.05, 3.63) is 41.5 Å². The van der Waals surface area contributed by atoms with Crippen molar-refractivity contribution in [2.24, 2.45) is 0 Å². The van der Waals surface area contributed by atoms with E-state index in [9.17, 15) is 0 Å². The monoisotopic (exact) mass is 230 g/mol. The van der Waals surface area contributed by atoms with Gasteiger partial charge in [-0.1, -0.05) is 57.9 Å². The van der Waals surface area contributed by atoms with Crippen LogP contribution in [0.4, 0.5) is 0 Å². The lowest BCUT2D eigenvalue weighted by Crippen LogP contribution is -1.92. The highest BCUT2D eigenvalue weighted by molar-refractivity contribution is 5.64. The number of aryl methyl sites for hydroxylation is 2. The lowest BCUT2D eigenvalue weighted by molar-refractivity contribution is 0.665. The minimum Gasteiger partial charge on any atom is -0.0952 e. The maximum atomic E-state index is 4.10. The van der Waals surface area contributed by atoms with E-state index in [2.05, 4.69) is 45.5 Å². The van der Waals surface area contributed by atoms with Crippen LogP contribution in [0, 0.1) is 6.92 Å². The summed E-state index contributed by atoms with van der Waals surface area (Å²) >= 11 is 0. The third kappa shape index (κ3) is 4.38. The van der Waals surface area contributed by atoms with Crippen LogP contribution in [0.2, 0.25) is 0 Å². The molecular formula is C17H26. The van der Waals surface area contributed by atoms with Crippen LogP contribution < -0.4 is 0 Å². The van der Waals surface area contributed by atoms with E-state index in [-0.39, 0.29) is 0 Å². The molecule has 0 atom stereocenters. The summed E-state index contributed by atoms with van der Waals surface area (Å²) in [5, 5.41) is 0. The van der Waals surface area contributed by atoms with E-state index >= 15 is 0 Å². The van der Waals surface area contributed by atoms with Crippen molar-refractivity contribution in [1.29, 1.82) is 0 Å². The molecule has 94 valence electrons. The van der Waals surface area contributed by atoms with E-state index < -0.39 is 0 Å². The van der Waals surface area contributed by atoms with Crippen molar-refractivity contribution in [3.8, 4) is 0 Å². The van der Waals surface area contributed by atoms with E-state index in [1.165, 1.54) is 54.4 Å². The second-order valence-corrected chi connectivity index (χ2v) is 4.91. The molecular weight excluding hydrogens is 204 g/mol. The largest absolute Gasteiger partial charge is 0.0952 e. The van der Waals surface area contributed by atoms with Gasteiger partial charge in [0.1, 0.15) is 0 Å². The first-order chi connectivity index (χ1) is 8.19. The van der Waals surface area contributed by atoms with E-state index in [0.29, 0.717) is 0 Å². The molecule has 1 aromatic carbocycles. The Morgan fingerprint density at radius 3 is 2.47 bits per heavy atom. The summed E-state index contributed by atoms with van der Waals surface area (Å²) in [6, 6.07) is 6.81. The molecule has 0 unspecified atom stereocenters. The van der Waals surface area contributed by atoms with Gasteiger partial charge in [-0.15, -0.1) is 0 Å². The number of allylic oxidation sites excluding steroid dienone is 1. The van der Waals surface area contributed by atoms with E-state index in [0.717, 1.165) is 6.42 Å². The van der Waals surface area contributed by atoms with Crippen molar-refractivity contribution in [2.45, 2.75) is 59.3 Å². The average Bonchev–Trinajstić information content (AvgIpc) is 2.35. The van der Waals surface area contributed by atoms with Gasteiger partial charge >= 0.3 is 0 Å². The van der Waals surface area contributed by atoms with Gasteiger partial charge in [0.05, 0.1) is 0 Å². The maximum absolute atomic E-state index is 4.10. The Bertz CT molecular complexity index is 360. The maximum Gasteiger partial charge on any atom is -0.0228 e. The van der Waals surface area contributed by atoms with Crippen LogP contribution in [0.1, 0.15) is 62.6 Å². The summed E-state index contributed by atoms with van der Waals surface area (Å²) in [6.07, 6.45) is 7.63. The van der Waals surface area contributed by atoms with E-state index in [4.69, 9.17) is 0 Å². The van der Waals surface area contributed by atoms with Crippen LogP contribution in [-0.4, -0.2) is 0 Å². The predicted octanol–water partition coefficient (Wildman–Crippen LogP) is 5.54. The number of benzene rings is 1. The van der Waals surface area contributed by atoms with Gasteiger partial charge in [0, 0.05) is 0 Å². The zero-order valence-electron chi connectivity index (χ0n) is 11.7. The fraction of sp³-hybridized carbons (Fsp3) is 0.529. The SMILES string of the molecule is C=C(CC)c1ccc(CCCCCC)c(C)c1. The van der Waals surface area contributed by atoms with Gasteiger partial charge in [-0.2, -0.15) is 0 Å². The Morgan fingerprint density at radius 1 is 1.12 bits per heavy atom. The molecule has 17 heavy (non-hydrogen) atoms. The number of hydrogen-bond acceptors (Lipinski definition) is 0. The molecule has 0 nitrogen and oxygen atoms in total. The molecule has 0 saturated carbocycles. The lowest BCUT2D eigenvalue weighted by Gasteiger charge is -2.09. The summed E-state index contributed by atoms with van der Waals surface area (Å²) < 4.78 is 0. The van der Waals surface area contributed by atoms with Gasteiger partial charge in [0.2, 0.25) is 0 Å².